The van der Waals surface area contributed by atoms with Crippen LogP contribution in [0.2, 0.25) is 0 Å². The highest BCUT2D eigenvalue weighted by Crippen LogP contribution is 2.24. The molecule has 29 heavy (non-hydrogen) atoms. The fourth-order valence-electron chi connectivity index (χ4n) is 3.36. The molecule has 0 aromatic heterocycles. The van der Waals surface area contributed by atoms with Crippen molar-refractivity contribution < 1.29 is 24.5 Å². The highest BCUT2D eigenvalue weighted by atomic mass is 16.5. The Balaban J connectivity index is 2.27. The van der Waals surface area contributed by atoms with Crippen molar-refractivity contribution in [2.24, 2.45) is 0 Å². The molecule has 2 amide bonds. The van der Waals surface area contributed by atoms with Crippen molar-refractivity contribution in [2.75, 3.05) is 44.9 Å². The van der Waals surface area contributed by atoms with Gasteiger partial charge in [0.05, 0.1) is 12.7 Å². The molecule has 0 spiro atoms. The summed E-state index contributed by atoms with van der Waals surface area (Å²) in [6.07, 6.45) is 4.40. The molecule has 0 saturated heterocycles. The van der Waals surface area contributed by atoms with Crippen LogP contribution in [-0.2, 0) is 16.1 Å². The molecule has 0 bridgehead atoms. The fourth-order valence-corrected chi connectivity index (χ4v) is 3.36. The van der Waals surface area contributed by atoms with Gasteiger partial charge in [0.15, 0.2) is 0 Å². The lowest BCUT2D eigenvalue weighted by Gasteiger charge is -2.26. The highest BCUT2D eigenvalue weighted by molar-refractivity contribution is 5.98. The van der Waals surface area contributed by atoms with Gasteiger partial charge in [-0.3, -0.25) is 9.59 Å². The van der Waals surface area contributed by atoms with Crippen LogP contribution in [0.5, 0.6) is 0 Å². The molecule has 1 aromatic rings. The molecule has 0 radical (unpaired) electrons. The molecular weight excluding hydrogens is 374 g/mol. The molecule has 1 atom stereocenters. The molecule has 1 heterocycles. The second-order valence-corrected chi connectivity index (χ2v) is 7.31. The van der Waals surface area contributed by atoms with Crippen molar-refractivity contribution in [2.45, 2.75) is 44.8 Å². The van der Waals surface area contributed by atoms with Crippen molar-refractivity contribution in [1.29, 1.82) is 0 Å². The Kier molecular flexibility index (Phi) is 10.1. The van der Waals surface area contributed by atoms with E-state index in [4.69, 9.17) is 9.84 Å². The maximum absolute atomic E-state index is 12.7. The average Bonchev–Trinajstić information content (AvgIpc) is 2.72. The monoisotopic (exact) mass is 407 g/mol. The van der Waals surface area contributed by atoms with Crippen LogP contribution in [0.1, 0.15) is 48.0 Å². The van der Waals surface area contributed by atoms with E-state index in [-0.39, 0.29) is 25.0 Å². The zero-order valence-corrected chi connectivity index (χ0v) is 17.2. The van der Waals surface area contributed by atoms with Crippen LogP contribution in [0.4, 0.5) is 5.69 Å². The van der Waals surface area contributed by atoms with Gasteiger partial charge in [0.25, 0.3) is 11.8 Å². The Morgan fingerprint density at radius 1 is 1.24 bits per heavy atom. The van der Waals surface area contributed by atoms with E-state index in [1.807, 2.05) is 0 Å². The zero-order chi connectivity index (χ0) is 21.1. The Bertz CT molecular complexity index is 668. The van der Waals surface area contributed by atoms with Gasteiger partial charge in [-0.25, -0.2) is 0 Å². The third kappa shape index (κ3) is 7.40. The van der Waals surface area contributed by atoms with Gasteiger partial charge >= 0.3 is 0 Å². The molecule has 0 aliphatic carbocycles. The number of ether oxygens (including phenoxy) is 1. The second kappa shape index (κ2) is 12.5. The highest BCUT2D eigenvalue weighted by Gasteiger charge is 2.20. The minimum atomic E-state index is -0.993. The number of carbonyl (C=O) groups is 2. The number of hydrogen-bond donors (Lipinski definition) is 4. The minimum Gasteiger partial charge on any atom is -0.394 e. The number of nitrogens with zero attached hydrogens (tertiary/aromatic N) is 1. The van der Waals surface area contributed by atoms with Crippen LogP contribution in [0.25, 0.3) is 0 Å². The van der Waals surface area contributed by atoms with Crippen molar-refractivity contribution in [3.8, 4) is 0 Å². The first kappa shape index (κ1) is 23.3. The number of hydrogen-bond acceptors (Lipinski definition) is 6. The number of benzene rings is 1. The Labute approximate surface area is 172 Å². The van der Waals surface area contributed by atoms with Crippen LogP contribution in [0.3, 0.4) is 0 Å². The minimum absolute atomic E-state index is 0.00809. The van der Waals surface area contributed by atoms with Gasteiger partial charge in [-0.05, 0) is 43.1 Å². The number of anilines is 1. The SMILES string of the molecule is COCC(=O)N1CCCCCCCNCc2cc(C(=O)NCC(O)CO)ccc21. The number of carbonyl (C=O) groups excluding carboxylic acids is 2. The van der Waals surface area contributed by atoms with Crippen molar-refractivity contribution >= 4 is 17.5 Å². The predicted octanol–water partition coefficient (Wildman–Crippen LogP) is 0.803. The molecule has 4 N–H and O–H groups in total. The van der Waals surface area contributed by atoms with E-state index in [1.54, 1.807) is 23.1 Å². The number of aliphatic hydroxyl groups is 2. The number of amides is 2. The Hall–Kier alpha value is -2.00. The Morgan fingerprint density at radius 3 is 2.76 bits per heavy atom. The summed E-state index contributed by atoms with van der Waals surface area (Å²) in [6.45, 7) is 1.61. The molecular formula is C21H33N3O5. The van der Waals surface area contributed by atoms with Crippen LogP contribution < -0.4 is 15.5 Å². The van der Waals surface area contributed by atoms with Crippen molar-refractivity contribution in [3.05, 3.63) is 29.3 Å². The first-order chi connectivity index (χ1) is 14.1. The molecule has 2 rings (SSSR count). The van der Waals surface area contributed by atoms with Gasteiger partial charge < -0.3 is 30.5 Å². The third-order valence-electron chi connectivity index (χ3n) is 4.96. The molecule has 1 aromatic carbocycles. The maximum atomic E-state index is 12.7. The van der Waals surface area contributed by atoms with E-state index < -0.39 is 12.7 Å². The smallest absolute Gasteiger partial charge is 0.252 e. The maximum Gasteiger partial charge on any atom is 0.252 e. The first-order valence-corrected chi connectivity index (χ1v) is 10.3. The normalized spacial score (nSPS) is 16.9. The second-order valence-electron chi connectivity index (χ2n) is 7.31. The van der Waals surface area contributed by atoms with Gasteiger partial charge in [-0.2, -0.15) is 0 Å². The van der Waals surface area contributed by atoms with E-state index in [2.05, 4.69) is 10.6 Å². The fraction of sp³-hybridized carbons (Fsp3) is 0.619. The summed E-state index contributed by atoms with van der Waals surface area (Å²) < 4.78 is 5.06. The summed E-state index contributed by atoms with van der Waals surface area (Å²) in [7, 11) is 1.51. The summed E-state index contributed by atoms with van der Waals surface area (Å²) in [4.78, 5) is 26.8. The van der Waals surface area contributed by atoms with E-state index in [9.17, 15) is 14.7 Å². The van der Waals surface area contributed by atoms with Gasteiger partial charge in [-0.15, -0.1) is 0 Å². The van der Waals surface area contributed by atoms with Crippen LogP contribution in [-0.4, -0.2) is 68.1 Å². The van der Waals surface area contributed by atoms with Crippen LogP contribution in [0, 0.1) is 0 Å². The van der Waals surface area contributed by atoms with Crippen molar-refractivity contribution in [3.63, 3.8) is 0 Å². The van der Waals surface area contributed by atoms with Gasteiger partial charge in [-0.1, -0.05) is 19.3 Å². The molecule has 1 unspecified atom stereocenters. The number of methoxy groups -OCH3 is 1. The van der Waals surface area contributed by atoms with Gasteiger partial charge in [0.2, 0.25) is 0 Å². The number of rotatable bonds is 6. The van der Waals surface area contributed by atoms with E-state index in [0.29, 0.717) is 18.7 Å². The predicted molar refractivity (Wildman–Crippen MR) is 111 cm³/mol. The standard InChI is InChI=1S/C21H33N3O5/c1-29-15-20(27)24-10-6-4-2-3-5-9-22-12-17-11-16(7-8-19(17)24)21(28)23-13-18(26)14-25/h7-8,11,18,22,25-26H,2-6,9-10,12-15H2,1H3,(H,23,28). The van der Waals surface area contributed by atoms with E-state index in [0.717, 1.165) is 49.9 Å². The molecule has 1 aliphatic rings. The Morgan fingerprint density at radius 2 is 2.00 bits per heavy atom. The molecule has 8 nitrogen and oxygen atoms in total. The third-order valence-corrected chi connectivity index (χ3v) is 4.96. The topological polar surface area (TPSA) is 111 Å². The first-order valence-electron chi connectivity index (χ1n) is 10.3. The van der Waals surface area contributed by atoms with Crippen molar-refractivity contribution in [1.82, 2.24) is 10.6 Å². The van der Waals surface area contributed by atoms with Gasteiger partial charge in [0, 0.05) is 38.0 Å². The van der Waals surface area contributed by atoms with Crippen LogP contribution >= 0.6 is 0 Å². The molecule has 0 fully saturated rings. The van der Waals surface area contributed by atoms with Gasteiger partial charge in [0.1, 0.15) is 6.61 Å². The number of nitrogens with one attached hydrogen (secondary N) is 2. The van der Waals surface area contributed by atoms with E-state index >= 15 is 0 Å². The van der Waals surface area contributed by atoms with Crippen LogP contribution in [0.15, 0.2) is 18.2 Å². The lowest BCUT2D eigenvalue weighted by molar-refractivity contribution is -0.122. The molecule has 0 saturated carbocycles. The summed E-state index contributed by atoms with van der Waals surface area (Å²) in [5.41, 5.74) is 2.10. The lowest BCUT2D eigenvalue weighted by atomic mass is 10.0. The van der Waals surface area contributed by atoms with E-state index in [1.165, 1.54) is 7.11 Å². The molecule has 8 heteroatoms. The number of fused-ring (bicyclic) bond motifs is 1. The lowest BCUT2D eigenvalue weighted by Crippen LogP contribution is -2.36. The largest absolute Gasteiger partial charge is 0.394 e. The quantitative estimate of drug-likeness (QED) is 0.555. The number of aliphatic hydroxyl groups excluding tert-OH is 2. The molecule has 1 aliphatic heterocycles. The summed E-state index contributed by atoms with van der Waals surface area (Å²) in [5, 5.41) is 24.3. The molecule has 162 valence electrons. The summed E-state index contributed by atoms with van der Waals surface area (Å²) >= 11 is 0. The summed E-state index contributed by atoms with van der Waals surface area (Å²) in [6, 6.07) is 5.26. The summed E-state index contributed by atoms with van der Waals surface area (Å²) in [5.74, 6) is -0.435. The zero-order valence-electron chi connectivity index (χ0n) is 17.2. The average molecular weight is 408 g/mol.